The number of benzene rings is 5. The first-order chi connectivity index (χ1) is 20.7. The molecule has 8 rings (SSSR count). The third kappa shape index (κ3) is 4.00. The van der Waals surface area contributed by atoms with Gasteiger partial charge in [0, 0.05) is 16.7 Å². The SMILES string of the molecule is O=c1c2nc(-c3ccccc3)nc(-c3ccccc3)c2nc2sc3c(-c4ccccc4)cc(-c4ccccc4)cc3n12. The Morgan fingerprint density at radius 1 is 0.524 bits per heavy atom. The number of fused-ring (bicyclic) bond motifs is 4. The molecule has 0 spiro atoms. The van der Waals surface area contributed by atoms with Gasteiger partial charge >= 0.3 is 0 Å². The molecule has 0 aliphatic rings. The molecular weight excluding hydrogens is 536 g/mol. The summed E-state index contributed by atoms with van der Waals surface area (Å²) in [5.74, 6) is 0.496. The molecular formula is C36H22N4OS. The van der Waals surface area contributed by atoms with Gasteiger partial charge in [-0.1, -0.05) is 133 Å². The molecule has 0 aliphatic heterocycles. The van der Waals surface area contributed by atoms with E-state index < -0.39 is 0 Å². The molecule has 0 N–H and O–H groups in total. The van der Waals surface area contributed by atoms with Crippen LogP contribution in [0, 0.1) is 0 Å². The van der Waals surface area contributed by atoms with Crippen molar-refractivity contribution in [1.29, 1.82) is 0 Å². The van der Waals surface area contributed by atoms with Gasteiger partial charge in [-0.15, -0.1) is 0 Å². The van der Waals surface area contributed by atoms with Crippen molar-refractivity contribution in [2.24, 2.45) is 0 Å². The van der Waals surface area contributed by atoms with Crippen molar-refractivity contribution in [3.63, 3.8) is 0 Å². The molecule has 6 heteroatoms. The van der Waals surface area contributed by atoms with Crippen LogP contribution in [0.25, 0.3) is 71.1 Å². The average molecular weight is 559 g/mol. The van der Waals surface area contributed by atoms with E-state index in [0.717, 1.165) is 43.6 Å². The van der Waals surface area contributed by atoms with Gasteiger partial charge < -0.3 is 0 Å². The molecule has 0 amide bonds. The smallest absolute Gasteiger partial charge is 0.266 e. The summed E-state index contributed by atoms with van der Waals surface area (Å²) in [6.45, 7) is 0. The van der Waals surface area contributed by atoms with Crippen LogP contribution in [0.2, 0.25) is 0 Å². The number of hydrogen-bond donors (Lipinski definition) is 0. The Balaban J connectivity index is 1.50. The van der Waals surface area contributed by atoms with E-state index in [1.54, 1.807) is 4.40 Å². The molecule has 198 valence electrons. The summed E-state index contributed by atoms with van der Waals surface area (Å²) in [7, 11) is 0. The van der Waals surface area contributed by atoms with Gasteiger partial charge in [-0.25, -0.2) is 19.4 Å². The lowest BCUT2D eigenvalue weighted by atomic mass is 9.98. The van der Waals surface area contributed by atoms with Crippen LogP contribution < -0.4 is 5.56 Å². The molecule has 0 fully saturated rings. The molecule has 0 atom stereocenters. The van der Waals surface area contributed by atoms with Crippen molar-refractivity contribution in [2.75, 3.05) is 0 Å². The van der Waals surface area contributed by atoms with Crippen molar-refractivity contribution in [1.82, 2.24) is 19.4 Å². The molecule has 5 nitrogen and oxygen atoms in total. The lowest BCUT2D eigenvalue weighted by Gasteiger charge is -2.10. The van der Waals surface area contributed by atoms with Gasteiger partial charge in [0.25, 0.3) is 5.56 Å². The summed E-state index contributed by atoms with van der Waals surface area (Å²) < 4.78 is 2.72. The second-order valence-electron chi connectivity index (χ2n) is 10.1. The Morgan fingerprint density at radius 3 is 1.74 bits per heavy atom. The molecule has 0 saturated heterocycles. The molecule has 0 aliphatic carbocycles. The summed E-state index contributed by atoms with van der Waals surface area (Å²) in [5.41, 5.74) is 8.04. The van der Waals surface area contributed by atoms with Crippen LogP contribution in [0.1, 0.15) is 0 Å². The van der Waals surface area contributed by atoms with E-state index in [2.05, 4.69) is 36.4 Å². The van der Waals surface area contributed by atoms with Gasteiger partial charge in [0.1, 0.15) is 11.2 Å². The molecule has 5 aromatic carbocycles. The molecule has 0 radical (unpaired) electrons. The van der Waals surface area contributed by atoms with Crippen molar-refractivity contribution in [3.05, 3.63) is 144 Å². The third-order valence-electron chi connectivity index (χ3n) is 7.46. The predicted octanol–water partition coefficient (Wildman–Crippen LogP) is 8.52. The monoisotopic (exact) mass is 558 g/mol. The summed E-state index contributed by atoms with van der Waals surface area (Å²) in [6.07, 6.45) is 0. The Morgan fingerprint density at radius 2 is 1.10 bits per heavy atom. The van der Waals surface area contributed by atoms with Crippen LogP contribution >= 0.6 is 11.3 Å². The standard InChI is InChI=1S/C36H22N4OS/c41-35-32-31(30(25-17-9-3-10-18-25)37-34(38-32)26-19-11-4-12-20-26)39-36-40(35)29-22-27(23-13-5-1-6-14-23)21-28(33(29)42-36)24-15-7-2-8-16-24/h1-22H. The summed E-state index contributed by atoms with van der Waals surface area (Å²) in [5, 5.41) is 0. The van der Waals surface area contributed by atoms with Crippen molar-refractivity contribution >= 4 is 37.5 Å². The molecule has 8 aromatic rings. The molecule has 3 aromatic heterocycles. The predicted molar refractivity (Wildman–Crippen MR) is 172 cm³/mol. The minimum atomic E-state index is -0.206. The number of thiazole rings is 1. The molecule has 0 saturated carbocycles. The van der Waals surface area contributed by atoms with Crippen LogP contribution in [0.15, 0.2) is 138 Å². The fraction of sp³-hybridized carbons (Fsp3) is 0. The maximum atomic E-state index is 14.5. The van der Waals surface area contributed by atoms with Crippen molar-refractivity contribution in [3.8, 4) is 44.9 Å². The van der Waals surface area contributed by atoms with Crippen LogP contribution in [-0.2, 0) is 0 Å². The van der Waals surface area contributed by atoms with Gasteiger partial charge in [-0.05, 0) is 28.8 Å². The van der Waals surface area contributed by atoms with Gasteiger partial charge in [0.05, 0.1) is 10.2 Å². The first-order valence-electron chi connectivity index (χ1n) is 13.7. The quantitative estimate of drug-likeness (QED) is 0.217. The van der Waals surface area contributed by atoms with Gasteiger partial charge in [-0.2, -0.15) is 0 Å². The molecule has 42 heavy (non-hydrogen) atoms. The normalized spacial score (nSPS) is 11.4. The highest BCUT2D eigenvalue weighted by atomic mass is 32.1. The van der Waals surface area contributed by atoms with E-state index in [9.17, 15) is 4.79 Å². The van der Waals surface area contributed by atoms with Crippen molar-refractivity contribution in [2.45, 2.75) is 0 Å². The highest BCUT2D eigenvalue weighted by molar-refractivity contribution is 7.24. The zero-order valence-corrected chi connectivity index (χ0v) is 23.1. The number of nitrogens with zero attached hydrogens (tertiary/aromatic N) is 4. The van der Waals surface area contributed by atoms with E-state index >= 15 is 0 Å². The van der Waals surface area contributed by atoms with Crippen LogP contribution in [0.3, 0.4) is 0 Å². The number of hydrogen-bond acceptors (Lipinski definition) is 5. The fourth-order valence-corrected chi connectivity index (χ4v) is 6.58. The summed E-state index contributed by atoms with van der Waals surface area (Å²) in [6, 6.07) is 44.5. The summed E-state index contributed by atoms with van der Waals surface area (Å²) >= 11 is 1.52. The van der Waals surface area contributed by atoms with Crippen molar-refractivity contribution < 1.29 is 0 Å². The third-order valence-corrected chi connectivity index (χ3v) is 8.55. The lowest BCUT2D eigenvalue weighted by molar-refractivity contribution is 1.11. The highest BCUT2D eigenvalue weighted by Gasteiger charge is 2.21. The Hall–Kier alpha value is -5.46. The van der Waals surface area contributed by atoms with E-state index in [-0.39, 0.29) is 5.56 Å². The van der Waals surface area contributed by atoms with Gasteiger partial charge in [-0.3, -0.25) is 4.79 Å². The molecule has 0 unspecified atom stereocenters. The zero-order valence-electron chi connectivity index (χ0n) is 22.3. The number of rotatable bonds is 4. The average Bonchev–Trinajstić information content (AvgIpc) is 3.44. The Bertz CT molecular complexity index is 2300. The first-order valence-corrected chi connectivity index (χ1v) is 14.5. The topological polar surface area (TPSA) is 60.2 Å². The van der Waals surface area contributed by atoms with Crippen LogP contribution in [0.4, 0.5) is 0 Å². The van der Waals surface area contributed by atoms with E-state index in [0.29, 0.717) is 27.5 Å². The Kier molecular flexibility index (Phi) is 5.72. The highest BCUT2D eigenvalue weighted by Crippen LogP contribution is 2.39. The summed E-state index contributed by atoms with van der Waals surface area (Å²) in [4.78, 5) is 29.9. The van der Waals surface area contributed by atoms with E-state index in [4.69, 9.17) is 15.0 Å². The number of aromatic nitrogens is 4. The fourth-order valence-electron chi connectivity index (χ4n) is 5.45. The molecule has 0 bridgehead atoms. The zero-order chi connectivity index (χ0) is 28.0. The second kappa shape index (κ2) is 9.87. The second-order valence-corrected chi connectivity index (χ2v) is 11.0. The Labute approximate surface area is 245 Å². The van der Waals surface area contributed by atoms with Crippen LogP contribution in [0.5, 0.6) is 0 Å². The first kappa shape index (κ1) is 24.3. The van der Waals surface area contributed by atoms with Gasteiger partial charge in [0.2, 0.25) is 0 Å². The van der Waals surface area contributed by atoms with E-state index in [1.165, 1.54) is 11.3 Å². The maximum absolute atomic E-state index is 14.5. The molecule has 3 heterocycles. The minimum Gasteiger partial charge on any atom is -0.266 e. The van der Waals surface area contributed by atoms with Gasteiger partial charge in [0.15, 0.2) is 16.3 Å². The minimum absolute atomic E-state index is 0.206. The lowest BCUT2D eigenvalue weighted by Crippen LogP contribution is -2.16. The van der Waals surface area contributed by atoms with Crippen LogP contribution in [-0.4, -0.2) is 19.4 Å². The van der Waals surface area contributed by atoms with E-state index in [1.807, 2.05) is 97.1 Å². The maximum Gasteiger partial charge on any atom is 0.285 e. The largest absolute Gasteiger partial charge is 0.285 e.